The zero-order valence-corrected chi connectivity index (χ0v) is 11.2. The van der Waals surface area contributed by atoms with E-state index in [1.165, 1.54) is 12.5 Å². The lowest BCUT2D eigenvalue weighted by Gasteiger charge is -2.52. The van der Waals surface area contributed by atoms with E-state index in [4.69, 9.17) is 9.47 Å². The third-order valence-corrected chi connectivity index (χ3v) is 4.73. The second-order valence-corrected chi connectivity index (χ2v) is 5.62. The molecular formula is C14H22O3. The molecule has 0 N–H and O–H groups in total. The fourth-order valence-electron chi connectivity index (χ4n) is 3.35. The van der Waals surface area contributed by atoms with Crippen LogP contribution in [0.5, 0.6) is 0 Å². The summed E-state index contributed by atoms with van der Waals surface area (Å²) in [5.74, 6) is 1.19. The van der Waals surface area contributed by atoms with Crippen molar-refractivity contribution in [3.05, 3.63) is 11.6 Å². The molecule has 1 aliphatic heterocycles. The molecule has 2 aliphatic rings. The Hall–Kier alpha value is -0.830. The van der Waals surface area contributed by atoms with E-state index in [2.05, 4.69) is 26.8 Å². The Kier molecular flexibility index (Phi) is 3.30. The molecule has 0 amide bonds. The number of ether oxygens (including phenoxy) is 2. The molecule has 17 heavy (non-hydrogen) atoms. The van der Waals surface area contributed by atoms with Gasteiger partial charge < -0.3 is 9.47 Å². The van der Waals surface area contributed by atoms with Gasteiger partial charge in [-0.3, -0.25) is 4.79 Å². The molecule has 2 bridgehead atoms. The van der Waals surface area contributed by atoms with E-state index in [-0.39, 0.29) is 11.4 Å². The molecule has 0 radical (unpaired) electrons. The number of fused-ring (bicyclic) bond motifs is 2. The maximum Gasteiger partial charge on any atom is 0.302 e. The molecule has 3 nitrogen and oxygen atoms in total. The van der Waals surface area contributed by atoms with Crippen molar-refractivity contribution in [1.29, 1.82) is 0 Å². The van der Waals surface area contributed by atoms with Crippen LogP contribution in [0.3, 0.4) is 0 Å². The summed E-state index contributed by atoms with van der Waals surface area (Å²) >= 11 is 0. The highest BCUT2D eigenvalue weighted by molar-refractivity contribution is 5.65. The summed E-state index contributed by atoms with van der Waals surface area (Å²) in [7, 11) is 0. The molecule has 4 atom stereocenters. The SMILES string of the molecule is CC(=O)OC[C@@]12COC[C@@H](C(C)=C[C@@H]1C)[C@@H]2C. The average Bonchev–Trinajstić information content (AvgIpc) is 2.25. The van der Waals surface area contributed by atoms with Crippen molar-refractivity contribution >= 4 is 5.97 Å². The van der Waals surface area contributed by atoms with E-state index in [1.807, 2.05) is 0 Å². The molecular weight excluding hydrogens is 216 g/mol. The van der Waals surface area contributed by atoms with Crippen molar-refractivity contribution in [3.8, 4) is 0 Å². The lowest BCUT2D eigenvalue weighted by molar-refractivity contribution is -0.162. The number of esters is 1. The Balaban J connectivity index is 2.26. The first-order chi connectivity index (χ1) is 7.97. The summed E-state index contributed by atoms with van der Waals surface area (Å²) in [6.07, 6.45) is 2.33. The van der Waals surface area contributed by atoms with E-state index < -0.39 is 0 Å². The highest BCUT2D eigenvalue weighted by Crippen LogP contribution is 2.50. The molecule has 96 valence electrons. The summed E-state index contributed by atoms with van der Waals surface area (Å²) in [5, 5.41) is 0. The summed E-state index contributed by atoms with van der Waals surface area (Å²) in [6.45, 7) is 10.1. The monoisotopic (exact) mass is 238 g/mol. The van der Waals surface area contributed by atoms with Gasteiger partial charge in [0.15, 0.2) is 0 Å². The van der Waals surface area contributed by atoms with Crippen LogP contribution < -0.4 is 0 Å². The molecule has 0 saturated carbocycles. The minimum atomic E-state index is -0.202. The van der Waals surface area contributed by atoms with Crippen LogP contribution in [-0.4, -0.2) is 25.8 Å². The van der Waals surface area contributed by atoms with Crippen LogP contribution >= 0.6 is 0 Å². The quantitative estimate of drug-likeness (QED) is 0.547. The third kappa shape index (κ3) is 2.01. The lowest BCUT2D eigenvalue weighted by atomic mass is 9.58. The number of carbonyl (C=O) groups excluding carboxylic acids is 1. The van der Waals surface area contributed by atoms with E-state index in [1.54, 1.807) is 0 Å². The maximum atomic E-state index is 11.0. The first-order valence-electron chi connectivity index (χ1n) is 6.37. The topological polar surface area (TPSA) is 35.5 Å². The number of hydrogen-bond acceptors (Lipinski definition) is 3. The highest BCUT2D eigenvalue weighted by atomic mass is 16.5. The van der Waals surface area contributed by atoms with Crippen LogP contribution in [0.15, 0.2) is 11.6 Å². The molecule has 1 aliphatic carbocycles. The molecule has 3 heteroatoms. The maximum absolute atomic E-state index is 11.0. The van der Waals surface area contributed by atoms with Crippen molar-refractivity contribution in [2.75, 3.05) is 19.8 Å². The minimum Gasteiger partial charge on any atom is -0.465 e. The molecule has 0 aromatic rings. The standard InChI is InChI=1S/C14H22O3/c1-9-5-10(2)14(8-17-12(4)15)7-16-6-13(9)11(14)3/h5,10-11,13H,6-8H2,1-4H3/t10-,11-,13-,14-/m0/s1. The number of allylic oxidation sites excluding steroid dienone is 1. The van der Waals surface area contributed by atoms with E-state index >= 15 is 0 Å². The first-order valence-corrected chi connectivity index (χ1v) is 6.37. The normalized spacial score (nSPS) is 40.7. The predicted molar refractivity (Wildman–Crippen MR) is 65.5 cm³/mol. The van der Waals surface area contributed by atoms with Crippen molar-refractivity contribution in [2.45, 2.75) is 27.7 Å². The number of carbonyl (C=O) groups is 1. The van der Waals surface area contributed by atoms with Crippen molar-refractivity contribution in [2.24, 2.45) is 23.2 Å². The van der Waals surface area contributed by atoms with Crippen LogP contribution in [0.2, 0.25) is 0 Å². The molecule has 0 aromatic heterocycles. The third-order valence-electron chi connectivity index (χ3n) is 4.73. The van der Waals surface area contributed by atoms with Crippen molar-refractivity contribution < 1.29 is 14.3 Å². The van der Waals surface area contributed by atoms with Crippen molar-refractivity contribution in [1.82, 2.24) is 0 Å². The van der Waals surface area contributed by atoms with Gasteiger partial charge in [-0.15, -0.1) is 0 Å². The van der Waals surface area contributed by atoms with Crippen LogP contribution in [0.1, 0.15) is 27.7 Å². The average molecular weight is 238 g/mol. The lowest BCUT2D eigenvalue weighted by Crippen LogP contribution is -2.53. The predicted octanol–water partition coefficient (Wildman–Crippen LogP) is 2.41. The van der Waals surface area contributed by atoms with Gasteiger partial charge in [-0.2, -0.15) is 0 Å². The van der Waals surface area contributed by atoms with Crippen LogP contribution in [-0.2, 0) is 14.3 Å². The highest BCUT2D eigenvalue weighted by Gasteiger charge is 2.50. The zero-order valence-electron chi connectivity index (χ0n) is 11.2. The van der Waals surface area contributed by atoms with E-state index in [0.717, 1.165) is 6.61 Å². The van der Waals surface area contributed by atoms with Gasteiger partial charge in [-0.25, -0.2) is 0 Å². The molecule has 1 saturated heterocycles. The molecule has 1 heterocycles. The Morgan fingerprint density at radius 1 is 1.59 bits per heavy atom. The zero-order chi connectivity index (χ0) is 12.6. The Bertz CT molecular complexity index is 347. The first kappa shape index (κ1) is 12.6. The molecule has 0 unspecified atom stereocenters. The van der Waals surface area contributed by atoms with Gasteiger partial charge >= 0.3 is 5.97 Å². The smallest absolute Gasteiger partial charge is 0.302 e. The second kappa shape index (κ2) is 4.45. The number of rotatable bonds is 2. The molecule has 1 fully saturated rings. The summed E-state index contributed by atoms with van der Waals surface area (Å²) in [5.41, 5.74) is 1.39. The van der Waals surface area contributed by atoms with Gasteiger partial charge in [-0.05, 0) is 18.8 Å². The minimum absolute atomic E-state index is 0.0336. The van der Waals surface area contributed by atoms with Gasteiger partial charge in [0, 0.05) is 18.3 Å². The van der Waals surface area contributed by atoms with Gasteiger partial charge in [0.2, 0.25) is 0 Å². The Morgan fingerprint density at radius 3 is 2.94 bits per heavy atom. The fraction of sp³-hybridized carbons (Fsp3) is 0.786. The fourth-order valence-corrected chi connectivity index (χ4v) is 3.35. The molecule has 0 aromatic carbocycles. The van der Waals surface area contributed by atoms with Crippen LogP contribution in [0, 0.1) is 23.2 Å². The Morgan fingerprint density at radius 2 is 2.29 bits per heavy atom. The van der Waals surface area contributed by atoms with Gasteiger partial charge in [0.25, 0.3) is 0 Å². The summed E-state index contributed by atoms with van der Waals surface area (Å²) in [4.78, 5) is 11.0. The van der Waals surface area contributed by atoms with E-state index in [0.29, 0.717) is 31.0 Å². The summed E-state index contributed by atoms with van der Waals surface area (Å²) in [6, 6.07) is 0. The second-order valence-electron chi connectivity index (χ2n) is 5.62. The largest absolute Gasteiger partial charge is 0.465 e. The van der Waals surface area contributed by atoms with Crippen LogP contribution in [0.4, 0.5) is 0 Å². The molecule has 2 rings (SSSR count). The number of hydrogen-bond donors (Lipinski definition) is 0. The van der Waals surface area contributed by atoms with Gasteiger partial charge in [0.1, 0.15) is 0 Å². The van der Waals surface area contributed by atoms with Crippen molar-refractivity contribution in [3.63, 3.8) is 0 Å². The Labute approximate surface area is 103 Å². The van der Waals surface area contributed by atoms with Gasteiger partial charge in [-0.1, -0.05) is 25.5 Å². The van der Waals surface area contributed by atoms with Crippen LogP contribution in [0.25, 0.3) is 0 Å². The van der Waals surface area contributed by atoms with Gasteiger partial charge in [0.05, 0.1) is 19.8 Å². The summed E-state index contributed by atoms with van der Waals surface area (Å²) < 4.78 is 11.0. The van der Waals surface area contributed by atoms with E-state index in [9.17, 15) is 4.79 Å². The molecule has 0 spiro atoms.